The molecule has 0 aliphatic rings. The zero-order valence-corrected chi connectivity index (χ0v) is 17.5. The van der Waals surface area contributed by atoms with Crippen molar-refractivity contribution in [2.75, 3.05) is 5.32 Å². The molecule has 1 aromatic heterocycles. The van der Waals surface area contributed by atoms with Crippen molar-refractivity contribution in [2.24, 2.45) is 7.05 Å². The Morgan fingerprint density at radius 1 is 1.04 bits per heavy atom. The molecule has 7 heteroatoms. The summed E-state index contributed by atoms with van der Waals surface area (Å²) in [6.07, 6.45) is 0. The van der Waals surface area contributed by atoms with Crippen molar-refractivity contribution >= 4 is 32.5 Å². The topological polar surface area (TPSA) is 80.2 Å². The number of hydrogen-bond acceptors (Lipinski definition) is 3. The number of amides is 1. The largest absolute Gasteiger partial charge is 0.340 e. The number of carbonyl (C=O) groups is 1. The van der Waals surface area contributed by atoms with Gasteiger partial charge in [0.2, 0.25) is 10.0 Å². The summed E-state index contributed by atoms with van der Waals surface area (Å²) in [5.74, 6) is -0.291. The minimum absolute atomic E-state index is 0.159. The van der Waals surface area contributed by atoms with Gasteiger partial charge in [-0.15, -0.1) is 0 Å². The Balaban J connectivity index is 1.93. The molecule has 0 saturated carbocycles. The van der Waals surface area contributed by atoms with Crippen LogP contribution in [-0.4, -0.2) is 24.9 Å². The van der Waals surface area contributed by atoms with Crippen LogP contribution in [0.3, 0.4) is 0 Å². The van der Waals surface area contributed by atoms with Crippen molar-refractivity contribution < 1.29 is 13.2 Å². The lowest BCUT2D eigenvalue weighted by atomic mass is 10.2. The summed E-state index contributed by atoms with van der Waals surface area (Å²) in [5.41, 5.74) is 3.64. The molecule has 0 spiro atoms. The average Bonchev–Trinajstić information content (AvgIpc) is 2.91. The predicted octanol–water partition coefficient (Wildman–Crippen LogP) is 3.73. The van der Waals surface area contributed by atoms with Crippen LogP contribution < -0.4 is 10.0 Å². The Morgan fingerprint density at radius 2 is 1.75 bits per heavy atom. The van der Waals surface area contributed by atoms with E-state index in [-0.39, 0.29) is 16.8 Å². The van der Waals surface area contributed by atoms with Gasteiger partial charge in [0.05, 0.1) is 4.90 Å². The Hall–Kier alpha value is -2.64. The molecule has 0 saturated heterocycles. The maximum Gasteiger partial charge on any atom is 0.272 e. The van der Waals surface area contributed by atoms with Gasteiger partial charge in [-0.1, -0.05) is 17.7 Å². The van der Waals surface area contributed by atoms with Crippen molar-refractivity contribution in [2.45, 2.75) is 38.6 Å². The van der Waals surface area contributed by atoms with Gasteiger partial charge in [-0.25, -0.2) is 13.1 Å². The normalized spacial score (nSPS) is 11.9. The predicted molar refractivity (Wildman–Crippen MR) is 112 cm³/mol. The van der Waals surface area contributed by atoms with E-state index in [2.05, 4.69) is 10.0 Å². The third-order valence-corrected chi connectivity index (χ3v) is 6.36. The number of rotatable bonds is 5. The summed E-state index contributed by atoms with van der Waals surface area (Å²) < 4.78 is 29.5. The molecular weight excluding hydrogens is 374 g/mol. The number of aryl methyl sites for hydroxylation is 3. The summed E-state index contributed by atoms with van der Waals surface area (Å²) in [5, 5.41) is 3.80. The van der Waals surface area contributed by atoms with Crippen molar-refractivity contribution in [1.29, 1.82) is 0 Å². The first-order chi connectivity index (χ1) is 13.1. The summed E-state index contributed by atoms with van der Waals surface area (Å²) in [6, 6.07) is 12.5. The molecule has 3 rings (SSSR count). The Kier molecular flexibility index (Phi) is 5.32. The van der Waals surface area contributed by atoms with Crippen LogP contribution in [0, 0.1) is 13.8 Å². The highest BCUT2D eigenvalue weighted by atomic mass is 32.2. The van der Waals surface area contributed by atoms with Gasteiger partial charge < -0.3 is 9.88 Å². The fraction of sp³-hybridized carbons (Fsp3) is 0.286. The number of carbonyl (C=O) groups excluding carboxylic acids is 1. The fourth-order valence-electron chi connectivity index (χ4n) is 3.22. The van der Waals surface area contributed by atoms with E-state index < -0.39 is 10.0 Å². The molecule has 0 atom stereocenters. The number of fused-ring (bicyclic) bond motifs is 1. The first kappa shape index (κ1) is 20.1. The number of benzene rings is 2. The molecule has 2 aromatic carbocycles. The third-order valence-electron chi connectivity index (χ3n) is 4.56. The van der Waals surface area contributed by atoms with Gasteiger partial charge in [-0.05, 0) is 63.6 Å². The van der Waals surface area contributed by atoms with Crippen LogP contribution in [0.2, 0.25) is 0 Å². The van der Waals surface area contributed by atoms with Gasteiger partial charge >= 0.3 is 0 Å². The van der Waals surface area contributed by atoms with Crippen LogP contribution in [0.15, 0.2) is 47.4 Å². The SMILES string of the molecule is Cc1ccc2c(c1)cc(C(=O)Nc1ccc(C)c(S(=O)(=O)NC(C)C)c1)n2C. The minimum Gasteiger partial charge on any atom is -0.340 e. The molecule has 148 valence electrons. The molecule has 6 nitrogen and oxygen atoms in total. The smallest absolute Gasteiger partial charge is 0.272 e. The molecule has 28 heavy (non-hydrogen) atoms. The standard InChI is InChI=1S/C21H25N3O3S/c1-13(2)23-28(26,27)20-12-17(8-7-15(20)4)22-21(25)19-11-16-10-14(3)6-9-18(16)24(19)5/h6-13,23H,1-5H3,(H,22,25). The molecule has 1 heterocycles. The van der Waals surface area contributed by atoms with Gasteiger partial charge in [0.1, 0.15) is 5.69 Å². The highest BCUT2D eigenvalue weighted by Gasteiger charge is 2.20. The van der Waals surface area contributed by atoms with E-state index in [1.54, 1.807) is 32.9 Å². The number of nitrogens with zero attached hydrogens (tertiary/aromatic N) is 1. The van der Waals surface area contributed by atoms with E-state index in [1.165, 1.54) is 6.07 Å². The van der Waals surface area contributed by atoms with Crippen molar-refractivity contribution in [3.63, 3.8) is 0 Å². The van der Waals surface area contributed by atoms with Gasteiger partial charge in [0, 0.05) is 29.7 Å². The van der Waals surface area contributed by atoms with Crippen LogP contribution in [0.25, 0.3) is 10.9 Å². The van der Waals surface area contributed by atoms with E-state index in [1.807, 2.05) is 42.8 Å². The van der Waals surface area contributed by atoms with Gasteiger partial charge in [-0.3, -0.25) is 4.79 Å². The Labute approximate surface area is 165 Å². The molecule has 0 unspecified atom stereocenters. The summed E-state index contributed by atoms with van der Waals surface area (Å²) >= 11 is 0. The molecule has 1 amide bonds. The zero-order valence-electron chi connectivity index (χ0n) is 16.7. The van der Waals surface area contributed by atoms with Crippen LogP contribution in [-0.2, 0) is 17.1 Å². The minimum atomic E-state index is -3.65. The maximum absolute atomic E-state index is 12.8. The molecule has 0 radical (unpaired) electrons. The maximum atomic E-state index is 12.8. The van der Waals surface area contributed by atoms with E-state index in [4.69, 9.17) is 0 Å². The summed E-state index contributed by atoms with van der Waals surface area (Å²) in [7, 11) is -1.82. The number of sulfonamides is 1. The van der Waals surface area contributed by atoms with E-state index in [0.29, 0.717) is 16.9 Å². The lowest BCUT2D eigenvalue weighted by Crippen LogP contribution is -2.30. The van der Waals surface area contributed by atoms with Crippen molar-refractivity contribution in [3.8, 4) is 0 Å². The van der Waals surface area contributed by atoms with Crippen LogP contribution in [0.5, 0.6) is 0 Å². The number of anilines is 1. The Bertz CT molecular complexity index is 1160. The van der Waals surface area contributed by atoms with Crippen LogP contribution >= 0.6 is 0 Å². The van der Waals surface area contributed by atoms with E-state index in [9.17, 15) is 13.2 Å². The van der Waals surface area contributed by atoms with Gasteiger partial charge in [-0.2, -0.15) is 0 Å². The molecule has 0 bridgehead atoms. The van der Waals surface area contributed by atoms with Crippen LogP contribution in [0.1, 0.15) is 35.5 Å². The summed E-state index contributed by atoms with van der Waals surface area (Å²) in [4.78, 5) is 13.0. The average molecular weight is 400 g/mol. The number of hydrogen-bond donors (Lipinski definition) is 2. The number of aromatic nitrogens is 1. The highest BCUT2D eigenvalue weighted by molar-refractivity contribution is 7.89. The molecule has 0 fully saturated rings. The highest BCUT2D eigenvalue weighted by Crippen LogP contribution is 2.23. The first-order valence-corrected chi connectivity index (χ1v) is 10.6. The van der Waals surface area contributed by atoms with Crippen LogP contribution in [0.4, 0.5) is 5.69 Å². The van der Waals surface area contributed by atoms with E-state index >= 15 is 0 Å². The fourth-order valence-corrected chi connectivity index (χ4v) is 4.74. The first-order valence-electron chi connectivity index (χ1n) is 9.09. The molecule has 2 N–H and O–H groups in total. The zero-order chi connectivity index (χ0) is 20.6. The quantitative estimate of drug-likeness (QED) is 0.686. The van der Waals surface area contributed by atoms with E-state index in [0.717, 1.165) is 16.5 Å². The second-order valence-electron chi connectivity index (χ2n) is 7.36. The molecule has 3 aromatic rings. The van der Waals surface area contributed by atoms with Crippen molar-refractivity contribution in [3.05, 3.63) is 59.3 Å². The third kappa shape index (κ3) is 3.95. The second kappa shape index (κ2) is 7.41. The lowest BCUT2D eigenvalue weighted by molar-refractivity contribution is 0.101. The molecule has 0 aliphatic carbocycles. The van der Waals surface area contributed by atoms with Crippen molar-refractivity contribution in [1.82, 2.24) is 9.29 Å². The number of nitrogens with one attached hydrogen (secondary N) is 2. The monoisotopic (exact) mass is 399 g/mol. The lowest BCUT2D eigenvalue weighted by Gasteiger charge is -2.14. The van der Waals surface area contributed by atoms with Gasteiger partial charge in [0.25, 0.3) is 5.91 Å². The molecule has 0 aliphatic heterocycles. The summed E-state index contributed by atoms with van der Waals surface area (Å²) in [6.45, 7) is 7.26. The Morgan fingerprint density at radius 3 is 2.43 bits per heavy atom. The molecular formula is C21H25N3O3S. The van der Waals surface area contributed by atoms with Gasteiger partial charge in [0.15, 0.2) is 0 Å². The second-order valence-corrected chi connectivity index (χ2v) is 9.04.